The number of rotatable bonds is 6. The van der Waals surface area contributed by atoms with Gasteiger partial charge in [0.1, 0.15) is 0 Å². The Bertz CT molecular complexity index is 190. The number of likely N-dealkylation sites (N-methyl/N-ethyl adjacent to an activating group) is 1. The van der Waals surface area contributed by atoms with Crippen molar-refractivity contribution in [2.24, 2.45) is 11.7 Å². The first-order valence-corrected chi connectivity index (χ1v) is 5.90. The Balaban J connectivity index is 1.94. The molecule has 0 spiro atoms. The monoisotopic (exact) mass is 198 g/mol. The molecule has 0 radical (unpaired) electrons. The van der Waals surface area contributed by atoms with Gasteiger partial charge in [0, 0.05) is 18.1 Å². The quantitative estimate of drug-likeness (QED) is 0.656. The molecule has 2 fully saturated rings. The third-order valence-electron chi connectivity index (χ3n) is 3.60. The van der Waals surface area contributed by atoms with Crippen molar-refractivity contribution in [3.63, 3.8) is 0 Å². The molecule has 2 aliphatic rings. The van der Waals surface area contributed by atoms with Crippen molar-refractivity contribution in [1.82, 2.24) is 4.90 Å². The van der Waals surface area contributed by atoms with Crippen LogP contribution >= 0.6 is 0 Å². The molecular weight excluding hydrogens is 176 g/mol. The predicted octanol–water partition coefficient (Wildman–Crippen LogP) is 0.569. The average molecular weight is 198 g/mol. The summed E-state index contributed by atoms with van der Waals surface area (Å²) >= 11 is 0. The molecule has 0 aliphatic heterocycles. The fraction of sp³-hybridized carbons (Fsp3) is 1.00. The number of hydrogen-bond acceptors (Lipinski definition) is 3. The highest BCUT2D eigenvalue weighted by Gasteiger charge is 2.40. The Morgan fingerprint density at radius 2 is 2.00 bits per heavy atom. The Kier molecular flexibility index (Phi) is 3.10. The van der Waals surface area contributed by atoms with Gasteiger partial charge in [0.25, 0.3) is 0 Å². The lowest BCUT2D eigenvalue weighted by atomic mass is 10.0. The van der Waals surface area contributed by atoms with Crippen LogP contribution < -0.4 is 5.73 Å². The smallest absolute Gasteiger partial charge is 0.0602 e. The summed E-state index contributed by atoms with van der Waals surface area (Å²) in [6.07, 6.45) is 5.11. The van der Waals surface area contributed by atoms with E-state index in [1.807, 2.05) is 0 Å². The second-order valence-corrected chi connectivity index (χ2v) is 4.73. The maximum Gasteiger partial charge on any atom is 0.0602 e. The van der Waals surface area contributed by atoms with Crippen LogP contribution in [0.1, 0.15) is 32.6 Å². The molecule has 2 aliphatic carbocycles. The van der Waals surface area contributed by atoms with Crippen molar-refractivity contribution in [2.45, 2.75) is 50.7 Å². The molecule has 0 aromatic rings. The summed E-state index contributed by atoms with van der Waals surface area (Å²) in [5.41, 5.74) is 6.17. The molecule has 0 aromatic heterocycles. The van der Waals surface area contributed by atoms with E-state index >= 15 is 0 Å². The van der Waals surface area contributed by atoms with E-state index in [2.05, 4.69) is 11.8 Å². The van der Waals surface area contributed by atoms with Gasteiger partial charge in [-0.3, -0.25) is 4.90 Å². The van der Waals surface area contributed by atoms with Crippen LogP contribution in [0.25, 0.3) is 0 Å². The summed E-state index contributed by atoms with van der Waals surface area (Å²) < 4.78 is 0. The number of aliphatic hydroxyl groups is 1. The third kappa shape index (κ3) is 2.10. The van der Waals surface area contributed by atoms with Gasteiger partial charge in [-0.05, 0) is 38.1 Å². The molecule has 0 bridgehead atoms. The van der Waals surface area contributed by atoms with Gasteiger partial charge in [-0.25, -0.2) is 0 Å². The number of hydrogen-bond donors (Lipinski definition) is 2. The third-order valence-corrected chi connectivity index (χ3v) is 3.60. The predicted molar refractivity (Wildman–Crippen MR) is 57.0 cm³/mol. The van der Waals surface area contributed by atoms with Crippen LogP contribution in [0.15, 0.2) is 0 Å². The topological polar surface area (TPSA) is 49.5 Å². The average Bonchev–Trinajstić information content (AvgIpc) is 3.06. The van der Waals surface area contributed by atoms with Crippen LogP contribution in [0.5, 0.6) is 0 Å². The second-order valence-electron chi connectivity index (χ2n) is 4.73. The maximum absolute atomic E-state index is 9.43. The van der Waals surface area contributed by atoms with Gasteiger partial charge in [0.15, 0.2) is 0 Å². The normalized spacial score (nSPS) is 26.6. The standard InChI is InChI=1S/C11H22N2O/c1-2-13(9-5-6-9)10(7-14)11(12)8-3-4-8/h8-11,14H,2-7,12H2,1H3. The molecule has 2 atom stereocenters. The lowest BCUT2D eigenvalue weighted by Gasteiger charge is -2.33. The van der Waals surface area contributed by atoms with Crippen LogP contribution in [0.3, 0.4) is 0 Å². The van der Waals surface area contributed by atoms with Gasteiger partial charge in [0.2, 0.25) is 0 Å². The first-order valence-electron chi connectivity index (χ1n) is 5.90. The molecule has 14 heavy (non-hydrogen) atoms. The van der Waals surface area contributed by atoms with Gasteiger partial charge < -0.3 is 10.8 Å². The summed E-state index contributed by atoms with van der Waals surface area (Å²) in [5, 5.41) is 9.43. The molecule has 82 valence electrons. The molecular formula is C11H22N2O. The molecule has 0 saturated heterocycles. The highest BCUT2D eigenvalue weighted by atomic mass is 16.3. The highest BCUT2D eigenvalue weighted by molar-refractivity contribution is 4.97. The van der Waals surface area contributed by atoms with E-state index in [4.69, 9.17) is 5.73 Å². The minimum Gasteiger partial charge on any atom is -0.395 e. The summed E-state index contributed by atoms with van der Waals surface area (Å²) in [7, 11) is 0. The van der Waals surface area contributed by atoms with Crippen LogP contribution in [0, 0.1) is 5.92 Å². The fourth-order valence-electron chi connectivity index (χ4n) is 2.41. The second kappa shape index (κ2) is 4.17. The first kappa shape index (κ1) is 10.4. The number of aliphatic hydroxyl groups excluding tert-OH is 1. The molecule has 2 unspecified atom stereocenters. The zero-order valence-corrected chi connectivity index (χ0v) is 9.02. The van der Waals surface area contributed by atoms with Crippen molar-refractivity contribution in [1.29, 1.82) is 0 Å². The molecule has 0 amide bonds. The van der Waals surface area contributed by atoms with Gasteiger partial charge in [-0.1, -0.05) is 6.92 Å². The van der Waals surface area contributed by atoms with Gasteiger partial charge in [0.05, 0.1) is 6.61 Å². The summed E-state index contributed by atoms with van der Waals surface area (Å²) in [4.78, 5) is 2.41. The Morgan fingerprint density at radius 3 is 2.36 bits per heavy atom. The maximum atomic E-state index is 9.43. The van der Waals surface area contributed by atoms with E-state index < -0.39 is 0 Å². The number of nitrogens with zero attached hydrogens (tertiary/aromatic N) is 1. The van der Waals surface area contributed by atoms with E-state index in [0.29, 0.717) is 12.0 Å². The van der Waals surface area contributed by atoms with Crippen molar-refractivity contribution < 1.29 is 5.11 Å². The molecule has 2 rings (SSSR count). The minimum absolute atomic E-state index is 0.195. The van der Waals surface area contributed by atoms with Gasteiger partial charge in [-0.15, -0.1) is 0 Å². The SMILES string of the molecule is CCN(C1CC1)C(CO)C(N)C1CC1. The van der Waals surface area contributed by atoms with E-state index in [1.54, 1.807) is 0 Å². The zero-order chi connectivity index (χ0) is 10.1. The van der Waals surface area contributed by atoms with Crippen LogP contribution in [-0.2, 0) is 0 Å². The minimum atomic E-state index is 0.195. The fourth-order valence-corrected chi connectivity index (χ4v) is 2.41. The lowest BCUT2D eigenvalue weighted by Crippen LogP contribution is -2.52. The first-order chi connectivity index (χ1) is 6.77. The summed E-state index contributed by atoms with van der Waals surface area (Å²) in [6.45, 7) is 3.42. The van der Waals surface area contributed by atoms with Crippen molar-refractivity contribution in [2.75, 3.05) is 13.2 Å². The molecule has 2 saturated carbocycles. The van der Waals surface area contributed by atoms with Crippen molar-refractivity contribution >= 4 is 0 Å². The Morgan fingerprint density at radius 1 is 1.36 bits per heavy atom. The molecule has 3 N–H and O–H groups in total. The highest BCUT2D eigenvalue weighted by Crippen LogP contribution is 2.36. The zero-order valence-electron chi connectivity index (χ0n) is 9.02. The summed E-state index contributed by atoms with van der Waals surface area (Å²) in [6, 6.07) is 1.11. The van der Waals surface area contributed by atoms with Gasteiger partial charge >= 0.3 is 0 Å². The van der Waals surface area contributed by atoms with Crippen LogP contribution in [-0.4, -0.2) is 41.3 Å². The molecule has 3 nitrogen and oxygen atoms in total. The lowest BCUT2D eigenvalue weighted by molar-refractivity contribution is 0.0961. The van der Waals surface area contributed by atoms with E-state index in [1.165, 1.54) is 25.7 Å². The molecule has 0 aromatic carbocycles. The van der Waals surface area contributed by atoms with Crippen LogP contribution in [0.4, 0.5) is 0 Å². The van der Waals surface area contributed by atoms with E-state index in [0.717, 1.165) is 6.54 Å². The number of nitrogens with two attached hydrogens (primary N) is 1. The van der Waals surface area contributed by atoms with E-state index in [9.17, 15) is 5.11 Å². The van der Waals surface area contributed by atoms with Crippen molar-refractivity contribution in [3.05, 3.63) is 0 Å². The van der Waals surface area contributed by atoms with E-state index in [-0.39, 0.29) is 18.7 Å². The molecule has 3 heteroatoms. The largest absolute Gasteiger partial charge is 0.395 e. The van der Waals surface area contributed by atoms with Gasteiger partial charge in [-0.2, -0.15) is 0 Å². The Hall–Kier alpha value is -0.120. The summed E-state index contributed by atoms with van der Waals surface area (Å²) in [5.74, 6) is 0.681. The molecule has 0 heterocycles. The van der Waals surface area contributed by atoms with Crippen molar-refractivity contribution in [3.8, 4) is 0 Å². The Labute approximate surface area is 86.3 Å². The van der Waals surface area contributed by atoms with Crippen LogP contribution in [0.2, 0.25) is 0 Å².